The molecule has 2 aliphatic heterocycles. The van der Waals surface area contributed by atoms with Crippen LogP contribution in [0.25, 0.3) is 5.57 Å². The molecule has 14 heteroatoms. The maximum absolute atomic E-state index is 12.6. The summed E-state index contributed by atoms with van der Waals surface area (Å²) in [6, 6.07) is 13.4. The number of anilines is 1. The molecule has 2 heterocycles. The van der Waals surface area contributed by atoms with Crippen LogP contribution in [0.1, 0.15) is 17.5 Å². The highest BCUT2D eigenvalue weighted by Gasteiger charge is 2.44. The van der Waals surface area contributed by atoms with Gasteiger partial charge in [-0.3, -0.25) is 4.99 Å². The lowest BCUT2D eigenvalue weighted by Gasteiger charge is -2.20. The number of hydrogen-bond acceptors (Lipinski definition) is 9. The number of nitrogens with one attached hydrogen (secondary N) is 4. The van der Waals surface area contributed by atoms with Crippen molar-refractivity contribution in [1.82, 2.24) is 16.0 Å². The lowest BCUT2D eigenvalue weighted by atomic mass is 10.0. The van der Waals surface area contributed by atoms with Crippen LogP contribution in [0.3, 0.4) is 0 Å². The number of benzene rings is 2. The fraction of sp³-hybridized carbons (Fsp3) is 0.333. The Morgan fingerprint density at radius 2 is 1.92 bits per heavy atom. The van der Waals surface area contributed by atoms with Crippen molar-refractivity contribution >= 4 is 23.2 Å². The van der Waals surface area contributed by atoms with Crippen molar-refractivity contribution in [2.45, 2.75) is 38.0 Å². The number of ether oxygens (including phenoxy) is 2. The van der Waals surface area contributed by atoms with E-state index in [9.17, 15) is 18.3 Å². The SMILES string of the molecule is NC(N)=NCCCNCc1ccc(C2=CNC(NC(O)Nc3ccccc3OC(F)(F)F)=NC3OC23)cc1. The number of rotatable bonds is 11. The zero-order chi connectivity index (χ0) is 27.1. The summed E-state index contributed by atoms with van der Waals surface area (Å²) in [5.74, 6) is -0.205. The predicted molar refractivity (Wildman–Crippen MR) is 137 cm³/mol. The number of para-hydroxylation sites is 2. The van der Waals surface area contributed by atoms with Crippen LogP contribution in [-0.2, 0) is 11.3 Å². The average molecular weight is 535 g/mol. The first-order valence-corrected chi connectivity index (χ1v) is 11.8. The average Bonchev–Trinajstić information content (AvgIpc) is 3.62. The van der Waals surface area contributed by atoms with E-state index >= 15 is 0 Å². The number of aliphatic hydroxyl groups is 1. The van der Waals surface area contributed by atoms with E-state index in [-0.39, 0.29) is 23.7 Å². The molecule has 1 saturated heterocycles. The van der Waals surface area contributed by atoms with Crippen molar-refractivity contribution in [2.75, 3.05) is 18.4 Å². The molecule has 0 amide bonds. The van der Waals surface area contributed by atoms with Gasteiger partial charge in [-0.1, -0.05) is 36.4 Å². The molecule has 38 heavy (non-hydrogen) atoms. The zero-order valence-electron chi connectivity index (χ0n) is 20.2. The number of hydrogen-bond donors (Lipinski definition) is 7. The van der Waals surface area contributed by atoms with Gasteiger partial charge >= 0.3 is 6.36 Å². The maximum atomic E-state index is 12.6. The normalized spacial score (nSPS) is 19.1. The molecular weight excluding hydrogens is 505 g/mol. The number of guanidine groups is 2. The molecule has 11 nitrogen and oxygen atoms in total. The number of halogens is 3. The first-order valence-electron chi connectivity index (χ1n) is 11.8. The molecule has 0 aliphatic carbocycles. The molecule has 204 valence electrons. The Balaban J connectivity index is 1.30. The van der Waals surface area contributed by atoms with E-state index in [1.165, 1.54) is 18.2 Å². The van der Waals surface area contributed by atoms with Crippen LogP contribution >= 0.6 is 0 Å². The lowest BCUT2D eigenvalue weighted by molar-refractivity contribution is -0.274. The number of nitrogens with two attached hydrogens (primary N) is 2. The third kappa shape index (κ3) is 7.99. The lowest BCUT2D eigenvalue weighted by Crippen LogP contribution is -2.45. The first-order chi connectivity index (χ1) is 18.2. The summed E-state index contributed by atoms with van der Waals surface area (Å²) in [5.41, 5.74) is 13.5. The minimum absolute atomic E-state index is 0.0563. The molecule has 2 aliphatic rings. The van der Waals surface area contributed by atoms with E-state index in [2.05, 4.69) is 36.0 Å². The highest BCUT2D eigenvalue weighted by atomic mass is 19.4. The molecule has 0 spiro atoms. The minimum atomic E-state index is -4.87. The van der Waals surface area contributed by atoms with Crippen LogP contribution < -0.4 is 37.5 Å². The molecule has 1 fully saturated rings. The summed E-state index contributed by atoms with van der Waals surface area (Å²) in [6.45, 7) is 2.05. The Kier molecular flexibility index (Phi) is 8.55. The number of aliphatic imine (C=N–C) groups is 2. The summed E-state index contributed by atoms with van der Waals surface area (Å²) in [5, 5.41) is 21.9. The van der Waals surface area contributed by atoms with Crippen LogP contribution in [0.5, 0.6) is 5.75 Å². The second-order valence-electron chi connectivity index (χ2n) is 8.44. The topological polar surface area (TPSA) is 167 Å². The Hall–Kier alpha value is -4.01. The van der Waals surface area contributed by atoms with E-state index in [1.54, 1.807) is 6.20 Å². The van der Waals surface area contributed by atoms with E-state index < -0.39 is 24.7 Å². The Morgan fingerprint density at radius 3 is 2.66 bits per heavy atom. The molecule has 0 saturated carbocycles. The van der Waals surface area contributed by atoms with E-state index in [4.69, 9.17) is 16.2 Å². The van der Waals surface area contributed by atoms with E-state index in [0.29, 0.717) is 13.1 Å². The van der Waals surface area contributed by atoms with Gasteiger partial charge in [0.25, 0.3) is 0 Å². The van der Waals surface area contributed by atoms with Crippen molar-refractivity contribution < 1.29 is 27.8 Å². The largest absolute Gasteiger partial charge is 0.573 e. The second kappa shape index (κ2) is 12.0. The van der Waals surface area contributed by atoms with Gasteiger partial charge in [0.15, 0.2) is 17.9 Å². The Labute approximate surface area is 216 Å². The van der Waals surface area contributed by atoms with Crippen molar-refractivity contribution in [2.24, 2.45) is 21.5 Å². The van der Waals surface area contributed by atoms with Crippen LogP contribution in [0.2, 0.25) is 0 Å². The number of nitrogens with zero attached hydrogens (tertiary/aromatic N) is 2. The van der Waals surface area contributed by atoms with Crippen molar-refractivity contribution in [1.29, 1.82) is 0 Å². The fourth-order valence-corrected chi connectivity index (χ4v) is 3.72. The summed E-state index contributed by atoms with van der Waals surface area (Å²) in [4.78, 5) is 8.30. The van der Waals surface area contributed by atoms with E-state index in [1.807, 2.05) is 24.3 Å². The van der Waals surface area contributed by atoms with Crippen LogP contribution in [0, 0.1) is 0 Å². The maximum Gasteiger partial charge on any atom is 0.573 e. The highest BCUT2D eigenvalue weighted by molar-refractivity contribution is 5.86. The van der Waals surface area contributed by atoms with Crippen molar-refractivity contribution in [3.05, 3.63) is 65.9 Å². The summed E-state index contributed by atoms with van der Waals surface area (Å²) >= 11 is 0. The summed E-state index contributed by atoms with van der Waals surface area (Å²) in [7, 11) is 0. The van der Waals surface area contributed by atoms with Crippen molar-refractivity contribution in [3.63, 3.8) is 0 Å². The van der Waals surface area contributed by atoms with Gasteiger partial charge in [0.1, 0.15) is 6.10 Å². The molecule has 3 unspecified atom stereocenters. The van der Waals surface area contributed by atoms with Crippen LogP contribution in [-0.4, -0.2) is 55.2 Å². The van der Waals surface area contributed by atoms with Gasteiger partial charge in [-0.25, -0.2) is 4.99 Å². The van der Waals surface area contributed by atoms with Gasteiger partial charge in [0.05, 0.1) is 5.69 Å². The monoisotopic (exact) mass is 534 g/mol. The third-order valence-electron chi connectivity index (χ3n) is 5.50. The molecular formula is C24H29F3N8O3. The zero-order valence-corrected chi connectivity index (χ0v) is 20.2. The molecule has 4 rings (SSSR count). The van der Waals surface area contributed by atoms with Gasteiger partial charge in [0, 0.05) is 24.9 Å². The molecule has 0 aromatic heterocycles. The van der Waals surface area contributed by atoms with Crippen LogP contribution in [0.15, 0.2) is 64.7 Å². The molecule has 9 N–H and O–H groups in total. The highest BCUT2D eigenvalue weighted by Crippen LogP contribution is 2.37. The van der Waals surface area contributed by atoms with Gasteiger partial charge in [-0.15, -0.1) is 13.2 Å². The number of alkyl halides is 3. The fourth-order valence-electron chi connectivity index (χ4n) is 3.72. The number of fused-ring (bicyclic) bond motifs is 1. The summed E-state index contributed by atoms with van der Waals surface area (Å²) in [6.07, 6.45) is -4.52. The minimum Gasteiger partial charge on any atom is -0.404 e. The number of aliphatic hydroxyl groups excluding tert-OH is 1. The van der Waals surface area contributed by atoms with E-state index in [0.717, 1.165) is 35.7 Å². The standard InChI is InChI=1S/C24H29F3N8O3/c25-24(26,27)38-18-5-2-1-4-17(18)33-23(36)35-22-32-13-16(19-20(34-22)37-19)15-8-6-14(7-9-15)12-30-10-3-11-31-21(28)29/h1-2,4-9,13,19-20,23,30,33,36H,3,10-12H2,(H4,28,29,31)(H2,32,34,35). The molecule has 0 radical (unpaired) electrons. The molecule has 2 aromatic rings. The van der Waals surface area contributed by atoms with Crippen molar-refractivity contribution in [3.8, 4) is 5.75 Å². The second-order valence-corrected chi connectivity index (χ2v) is 8.44. The summed E-state index contributed by atoms with van der Waals surface area (Å²) < 4.78 is 47.6. The predicted octanol–water partition coefficient (Wildman–Crippen LogP) is 1.34. The smallest absolute Gasteiger partial charge is 0.404 e. The molecule has 0 bridgehead atoms. The van der Waals surface area contributed by atoms with Gasteiger partial charge in [0.2, 0.25) is 12.3 Å². The number of epoxide rings is 1. The first kappa shape index (κ1) is 27.0. The van der Waals surface area contributed by atoms with Gasteiger partial charge < -0.3 is 47.3 Å². The quantitative estimate of drug-likeness (QED) is 0.0740. The van der Waals surface area contributed by atoms with Crippen LogP contribution in [0.4, 0.5) is 18.9 Å². The molecule has 3 atom stereocenters. The third-order valence-corrected chi connectivity index (χ3v) is 5.50. The van der Waals surface area contributed by atoms with Gasteiger partial charge in [-0.2, -0.15) is 0 Å². The van der Waals surface area contributed by atoms with Gasteiger partial charge in [-0.05, 0) is 36.2 Å². The Bertz CT molecular complexity index is 1180. The Morgan fingerprint density at radius 1 is 1.16 bits per heavy atom. The molecule has 2 aromatic carbocycles.